The predicted octanol–water partition coefficient (Wildman–Crippen LogP) is 0.439. The van der Waals surface area contributed by atoms with E-state index in [-0.39, 0.29) is 17.9 Å². The Morgan fingerprint density at radius 1 is 1.35 bits per heavy atom. The van der Waals surface area contributed by atoms with Gasteiger partial charge in [-0.15, -0.1) is 0 Å². The number of likely N-dealkylation sites (tertiary alicyclic amines) is 1. The van der Waals surface area contributed by atoms with Gasteiger partial charge in [0, 0.05) is 19.1 Å². The number of urea groups is 1. The minimum atomic E-state index is -0.732. The molecule has 2 fully saturated rings. The van der Waals surface area contributed by atoms with Gasteiger partial charge in [-0.05, 0) is 32.7 Å². The summed E-state index contributed by atoms with van der Waals surface area (Å²) < 4.78 is 0. The molecule has 0 bridgehead atoms. The number of hydrogen-bond donors (Lipinski definition) is 4. The zero-order valence-electron chi connectivity index (χ0n) is 12.1. The lowest BCUT2D eigenvalue weighted by atomic mass is 9.86. The summed E-state index contributed by atoms with van der Waals surface area (Å²) >= 11 is 0. The van der Waals surface area contributed by atoms with Crippen molar-refractivity contribution in [1.82, 2.24) is 15.5 Å². The van der Waals surface area contributed by atoms with E-state index >= 15 is 0 Å². The minimum Gasteiger partial charge on any atom is -0.409 e. The van der Waals surface area contributed by atoms with E-state index in [9.17, 15) is 4.79 Å². The van der Waals surface area contributed by atoms with Crippen LogP contribution in [0.15, 0.2) is 5.16 Å². The molecule has 0 aromatic heterocycles. The molecule has 20 heavy (non-hydrogen) atoms. The number of nitrogens with zero attached hydrogens (tertiary/aromatic N) is 2. The number of oxime groups is 1. The highest BCUT2D eigenvalue weighted by atomic mass is 16.4. The highest BCUT2D eigenvalue weighted by Crippen LogP contribution is 2.22. The van der Waals surface area contributed by atoms with Crippen LogP contribution in [0.3, 0.4) is 0 Å². The summed E-state index contributed by atoms with van der Waals surface area (Å²) in [5, 5.41) is 18.0. The molecule has 0 spiro atoms. The maximum atomic E-state index is 12.1. The fraction of sp³-hybridized carbons (Fsp3) is 0.846. The van der Waals surface area contributed by atoms with Gasteiger partial charge in [-0.3, -0.25) is 0 Å². The normalized spacial score (nSPS) is 24.6. The van der Waals surface area contributed by atoms with Crippen LogP contribution in [-0.4, -0.2) is 53.7 Å². The standard InChI is InChI=1S/C13H25N5O2/c1-18-8-6-13(7-9-18,11(14)17-20)16-12(19)15-10-4-2-3-5-10/h10,20H,2-9H2,1H3,(H2,14,17)(H2,15,16,19). The van der Waals surface area contributed by atoms with Crippen molar-refractivity contribution in [3.63, 3.8) is 0 Å². The highest BCUT2D eigenvalue weighted by molar-refractivity contribution is 5.93. The topological polar surface area (TPSA) is 103 Å². The molecule has 2 amide bonds. The van der Waals surface area contributed by atoms with Crippen LogP contribution in [0, 0.1) is 0 Å². The molecule has 1 aliphatic carbocycles. The first-order chi connectivity index (χ1) is 9.55. The maximum Gasteiger partial charge on any atom is 0.315 e. The summed E-state index contributed by atoms with van der Waals surface area (Å²) in [5.41, 5.74) is 5.09. The summed E-state index contributed by atoms with van der Waals surface area (Å²) in [6.45, 7) is 1.61. The molecule has 0 aromatic rings. The van der Waals surface area contributed by atoms with Crippen molar-refractivity contribution in [2.75, 3.05) is 20.1 Å². The summed E-state index contributed by atoms with van der Waals surface area (Å²) in [5.74, 6) is 0.0900. The summed E-state index contributed by atoms with van der Waals surface area (Å²) in [4.78, 5) is 14.3. The van der Waals surface area contributed by atoms with Gasteiger partial charge in [0.05, 0.1) is 0 Å². The Morgan fingerprint density at radius 2 is 1.95 bits per heavy atom. The molecule has 1 saturated carbocycles. The van der Waals surface area contributed by atoms with Gasteiger partial charge in [0.1, 0.15) is 5.54 Å². The molecule has 5 N–H and O–H groups in total. The van der Waals surface area contributed by atoms with E-state index in [0.29, 0.717) is 12.8 Å². The zero-order chi connectivity index (χ0) is 14.6. The highest BCUT2D eigenvalue weighted by Gasteiger charge is 2.39. The Labute approximate surface area is 119 Å². The Hall–Kier alpha value is -1.50. The van der Waals surface area contributed by atoms with Crippen molar-refractivity contribution < 1.29 is 10.0 Å². The monoisotopic (exact) mass is 283 g/mol. The Bertz CT molecular complexity index is 371. The van der Waals surface area contributed by atoms with Crippen LogP contribution in [-0.2, 0) is 0 Å². The number of nitrogens with one attached hydrogen (secondary N) is 2. The smallest absolute Gasteiger partial charge is 0.315 e. The van der Waals surface area contributed by atoms with Crippen molar-refractivity contribution in [3.05, 3.63) is 0 Å². The first-order valence-corrected chi connectivity index (χ1v) is 7.31. The number of amidine groups is 1. The van der Waals surface area contributed by atoms with Gasteiger partial charge in [-0.2, -0.15) is 0 Å². The SMILES string of the molecule is CN1CCC(NC(=O)NC2CCCC2)(C(N)=NO)CC1. The van der Waals surface area contributed by atoms with Crippen LogP contribution < -0.4 is 16.4 Å². The number of rotatable bonds is 3. The third kappa shape index (κ3) is 3.33. The minimum absolute atomic E-state index is 0.0900. The van der Waals surface area contributed by atoms with Gasteiger partial charge in [-0.25, -0.2) is 4.79 Å². The summed E-state index contributed by atoms with van der Waals surface area (Å²) in [7, 11) is 2.02. The predicted molar refractivity (Wildman–Crippen MR) is 76.8 cm³/mol. The molecule has 7 nitrogen and oxygen atoms in total. The van der Waals surface area contributed by atoms with Crippen LogP contribution >= 0.6 is 0 Å². The molecular formula is C13H25N5O2. The molecular weight excluding hydrogens is 258 g/mol. The average molecular weight is 283 g/mol. The quantitative estimate of drug-likeness (QED) is 0.261. The number of amides is 2. The molecule has 1 heterocycles. The molecule has 1 saturated heterocycles. The number of piperidine rings is 1. The Kier molecular flexibility index (Phi) is 4.69. The van der Waals surface area contributed by atoms with Crippen LogP contribution in [0.4, 0.5) is 4.79 Å². The first kappa shape index (κ1) is 14.9. The zero-order valence-corrected chi connectivity index (χ0v) is 12.1. The average Bonchev–Trinajstić information content (AvgIpc) is 2.93. The van der Waals surface area contributed by atoms with Gasteiger partial charge in [0.25, 0.3) is 0 Å². The molecule has 7 heteroatoms. The van der Waals surface area contributed by atoms with E-state index in [1.54, 1.807) is 0 Å². The van der Waals surface area contributed by atoms with Crippen molar-refractivity contribution in [2.45, 2.75) is 50.1 Å². The number of nitrogens with two attached hydrogens (primary N) is 1. The summed E-state index contributed by atoms with van der Waals surface area (Å²) in [6.07, 6.45) is 5.71. The summed E-state index contributed by atoms with van der Waals surface area (Å²) in [6, 6.07) is 0.0404. The molecule has 2 aliphatic rings. The second-order valence-electron chi connectivity index (χ2n) is 5.95. The van der Waals surface area contributed by atoms with Crippen molar-refractivity contribution in [2.24, 2.45) is 10.9 Å². The molecule has 1 aliphatic heterocycles. The van der Waals surface area contributed by atoms with Gasteiger partial charge in [0.15, 0.2) is 5.84 Å². The Balaban J connectivity index is 1.98. The van der Waals surface area contributed by atoms with Gasteiger partial charge in [0.2, 0.25) is 0 Å². The third-order valence-electron chi connectivity index (χ3n) is 4.48. The molecule has 114 valence electrons. The maximum absolute atomic E-state index is 12.1. The van der Waals surface area contributed by atoms with E-state index in [1.807, 2.05) is 7.05 Å². The lowest BCUT2D eigenvalue weighted by molar-refractivity contribution is 0.187. The van der Waals surface area contributed by atoms with Crippen molar-refractivity contribution >= 4 is 11.9 Å². The first-order valence-electron chi connectivity index (χ1n) is 7.31. The number of carbonyl (C=O) groups excluding carboxylic acids is 1. The van der Waals surface area contributed by atoms with Crippen LogP contribution in [0.2, 0.25) is 0 Å². The van der Waals surface area contributed by atoms with Crippen molar-refractivity contribution in [1.29, 1.82) is 0 Å². The Morgan fingerprint density at radius 3 is 2.50 bits per heavy atom. The fourth-order valence-corrected chi connectivity index (χ4v) is 3.05. The van der Waals surface area contributed by atoms with Crippen LogP contribution in [0.5, 0.6) is 0 Å². The van der Waals surface area contributed by atoms with Crippen LogP contribution in [0.25, 0.3) is 0 Å². The number of carbonyl (C=O) groups is 1. The van der Waals surface area contributed by atoms with E-state index in [1.165, 1.54) is 12.8 Å². The second-order valence-corrected chi connectivity index (χ2v) is 5.95. The van der Waals surface area contributed by atoms with Crippen molar-refractivity contribution in [3.8, 4) is 0 Å². The van der Waals surface area contributed by atoms with Crippen LogP contribution in [0.1, 0.15) is 38.5 Å². The van der Waals surface area contributed by atoms with E-state index in [0.717, 1.165) is 25.9 Å². The van der Waals surface area contributed by atoms with Gasteiger partial charge >= 0.3 is 6.03 Å². The van der Waals surface area contributed by atoms with Gasteiger partial charge in [-0.1, -0.05) is 18.0 Å². The second kappa shape index (κ2) is 6.30. The number of hydrogen-bond acceptors (Lipinski definition) is 4. The largest absolute Gasteiger partial charge is 0.409 e. The molecule has 0 radical (unpaired) electrons. The molecule has 0 unspecified atom stereocenters. The lowest BCUT2D eigenvalue weighted by Gasteiger charge is -2.40. The molecule has 0 aromatic carbocycles. The van der Waals surface area contributed by atoms with E-state index in [2.05, 4.69) is 20.7 Å². The lowest BCUT2D eigenvalue weighted by Crippen LogP contribution is -2.64. The third-order valence-corrected chi connectivity index (χ3v) is 4.48. The molecule has 0 atom stereocenters. The fourth-order valence-electron chi connectivity index (χ4n) is 3.05. The van der Waals surface area contributed by atoms with E-state index in [4.69, 9.17) is 10.9 Å². The van der Waals surface area contributed by atoms with Gasteiger partial charge < -0.3 is 26.5 Å². The van der Waals surface area contributed by atoms with E-state index < -0.39 is 5.54 Å². The molecule has 2 rings (SSSR count).